The van der Waals surface area contributed by atoms with Crippen molar-refractivity contribution >= 4 is 5.91 Å². The highest BCUT2D eigenvalue weighted by atomic mass is 16.2. The molecule has 2 rings (SSSR count). The molecule has 0 aliphatic heterocycles. The summed E-state index contributed by atoms with van der Waals surface area (Å²) < 4.78 is 1.76. The molecule has 1 fully saturated rings. The Bertz CT molecular complexity index is 438. The number of carbonyl (C=O) groups is 1. The van der Waals surface area contributed by atoms with Crippen LogP contribution < -0.4 is 0 Å². The van der Waals surface area contributed by atoms with Crippen LogP contribution in [0.15, 0.2) is 6.20 Å². The summed E-state index contributed by atoms with van der Waals surface area (Å²) in [4.78, 5) is 14.4. The number of aromatic nitrogens is 2. The summed E-state index contributed by atoms with van der Waals surface area (Å²) in [5.74, 6) is 0.712. The highest BCUT2D eigenvalue weighted by Crippen LogP contribution is 2.28. The largest absolute Gasteiger partial charge is 0.338 e. The predicted molar refractivity (Wildman–Crippen MR) is 71.5 cm³/mol. The molecule has 0 radical (unpaired) electrons. The summed E-state index contributed by atoms with van der Waals surface area (Å²) in [7, 11) is 3.80. The molecule has 1 aromatic rings. The average molecular weight is 249 g/mol. The lowest BCUT2D eigenvalue weighted by Crippen LogP contribution is -2.42. The molecule has 1 saturated carbocycles. The Morgan fingerprint density at radius 3 is 2.67 bits per heavy atom. The van der Waals surface area contributed by atoms with Gasteiger partial charge in [0.1, 0.15) is 0 Å². The van der Waals surface area contributed by atoms with Crippen LogP contribution in [0.2, 0.25) is 0 Å². The first-order valence-corrected chi connectivity index (χ1v) is 6.78. The van der Waals surface area contributed by atoms with Crippen LogP contribution in [0.25, 0.3) is 0 Å². The highest BCUT2D eigenvalue weighted by Gasteiger charge is 2.29. The molecule has 0 aromatic carbocycles. The van der Waals surface area contributed by atoms with Crippen LogP contribution in [0, 0.1) is 12.8 Å². The van der Waals surface area contributed by atoms with Crippen molar-refractivity contribution in [2.75, 3.05) is 7.05 Å². The van der Waals surface area contributed by atoms with E-state index in [-0.39, 0.29) is 5.91 Å². The van der Waals surface area contributed by atoms with Crippen molar-refractivity contribution in [2.24, 2.45) is 13.0 Å². The Labute approximate surface area is 109 Å². The van der Waals surface area contributed by atoms with E-state index in [4.69, 9.17) is 0 Å². The molecule has 1 amide bonds. The maximum absolute atomic E-state index is 12.5. The van der Waals surface area contributed by atoms with E-state index in [1.54, 1.807) is 10.9 Å². The van der Waals surface area contributed by atoms with E-state index in [2.05, 4.69) is 12.0 Å². The van der Waals surface area contributed by atoms with Gasteiger partial charge in [0.25, 0.3) is 5.91 Å². The number of carbonyl (C=O) groups excluding carboxylic acids is 1. The fraction of sp³-hybridized carbons (Fsp3) is 0.714. The van der Waals surface area contributed by atoms with Crippen molar-refractivity contribution in [1.29, 1.82) is 0 Å². The maximum atomic E-state index is 12.5. The van der Waals surface area contributed by atoms with E-state index in [1.807, 2.05) is 25.9 Å². The van der Waals surface area contributed by atoms with Gasteiger partial charge in [-0.25, -0.2) is 0 Å². The Morgan fingerprint density at radius 2 is 2.11 bits per heavy atom. The van der Waals surface area contributed by atoms with Crippen LogP contribution in [0.1, 0.15) is 48.7 Å². The first-order valence-electron chi connectivity index (χ1n) is 6.78. The van der Waals surface area contributed by atoms with Crippen molar-refractivity contribution in [3.63, 3.8) is 0 Å². The van der Waals surface area contributed by atoms with E-state index in [0.717, 1.165) is 17.7 Å². The van der Waals surface area contributed by atoms with Gasteiger partial charge in [-0.3, -0.25) is 9.48 Å². The Kier molecular flexibility index (Phi) is 3.73. The Balaban J connectivity index is 2.15. The van der Waals surface area contributed by atoms with Crippen molar-refractivity contribution in [3.8, 4) is 0 Å². The fourth-order valence-corrected chi connectivity index (χ4v) is 2.92. The lowest BCUT2D eigenvalue weighted by Gasteiger charge is -2.36. The molecule has 4 nitrogen and oxygen atoms in total. The molecule has 1 heterocycles. The molecule has 2 unspecified atom stereocenters. The van der Waals surface area contributed by atoms with E-state index in [1.165, 1.54) is 19.3 Å². The Morgan fingerprint density at radius 1 is 1.44 bits per heavy atom. The van der Waals surface area contributed by atoms with Gasteiger partial charge in [-0.15, -0.1) is 0 Å². The number of hydrogen-bond donors (Lipinski definition) is 0. The molecule has 2 atom stereocenters. The molecular formula is C14H23N3O. The molecular weight excluding hydrogens is 226 g/mol. The summed E-state index contributed by atoms with van der Waals surface area (Å²) in [6.07, 6.45) is 6.57. The van der Waals surface area contributed by atoms with Gasteiger partial charge in [0.15, 0.2) is 0 Å². The van der Waals surface area contributed by atoms with E-state index in [9.17, 15) is 4.79 Å². The van der Waals surface area contributed by atoms with Gasteiger partial charge in [-0.2, -0.15) is 5.10 Å². The smallest absolute Gasteiger partial charge is 0.257 e. The number of aryl methyl sites for hydroxylation is 1. The normalized spacial score (nSPS) is 24.0. The molecule has 1 aliphatic carbocycles. The first kappa shape index (κ1) is 13.1. The van der Waals surface area contributed by atoms with E-state index < -0.39 is 0 Å². The van der Waals surface area contributed by atoms with Gasteiger partial charge in [0.05, 0.1) is 11.8 Å². The van der Waals surface area contributed by atoms with Gasteiger partial charge < -0.3 is 4.90 Å². The van der Waals surface area contributed by atoms with Gasteiger partial charge in [0, 0.05) is 25.8 Å². The summed E-state index contributed by atoms with van der Waals surface area (Å²) in [6, 6.07) is 0.380. The third kappa shape index (κ3) is 2.28. The monoisotopic (exact) mass is 249 g/mol. The van der Waals surface area contributed by atoms with Crippen LogP contribution in [-0.4, -0.2) is 33.7 Å². The van der Waals surface area contributed by atoms with Gasteiger partial charge in [-0.1, -0.05) is 19.8 Å². The zero-order valence-corrected chi connectivity index (χ0v) is 11.8. The third-order valence-corrected chi connectivity index (χ3v) is 4.35. The van der Waals surface area contributed by atoms with Crippen LogP contribution in [0.5, 0.6) is 0 Å². The van der Waals surface area contributed by atoms with Crippen LogP contribution in [0.4, 0.5) is 0 Å². The molecule has 0 spiro atoms. The lowest BCUT2D eigenvalue weighted by molar-refractivity contribution is 0.0628. The second-order valence-electron chi connectivity index (χ2n) is 5.51. The minimum absolute atomic E-state index is 0.111. The second kappa shape index (κ2) is 5.12. The third-order valence-electron chi connectivity index (χ3n) is 4.35. The minimum atomic E-state index is 0.111. The molecule has 4 heteroatoms. The van der Waals surface area contributed by atoms with Crippen LogP contribution in [-0.2, 0) is 7.05 Å². The molecule has 1 aliphatic rings. The van der Waals surface area contributed by atoms with Crippen LogP contribution >= 0.6 is 0 Å². The minimum Gasteiger partial charge on any atom is -0.338 e. The van der Waals surface area contributed by atoms with E-state index in [0.29, 0.717) is 12.0 Å². The SMILES string of the molecule is Cc1c(C(=O)N(C)C2CCCCC2C)cnn1C. The maximum Gasteiger partial charge on any atom is 0.257 e. The number of hydrogen-bond acceptors (Lipinski definition) is 2. The highest BCUT2D eigenvalue weighted by molar-refractivity contribution is 5.95. The van der Waals surface area contributed by atoms with Gasteiger partial charge in [0.2, 0.25) is 0 Å². The first-order chi connectivity index (χ1) is 8.52. The fourth-order valence-electron chi connectivity index (χ4n) is 2.92. The summed E-state index contributed by atoms with van der Waals surface area (Å²) in [5, 5.41) is 4.15. The lowest BCUT2D eigenvalue weighted by atomic mass is 9.85. The summed E-state index contributed by atoms with van der Waals surface area (Å²) in [6.45, 7) is 4.20. The number of amides is 1. The molecule has 0 bridgehead atoms. The summed E-state index contributed by atoms with van der Waals surface area (Å²) in [5.41, 5.74) is 1.67. The molecule has 1 aromatic heterocycles. The van der Waals surface area contributed by atoms with Crippen molar-refractivity contribution in [2.45, 2.75) is 45.6 Å². The standard InChI is InChI=1S/C14H23N3O/c1-10-7-5-6-8-13(10)16(3)14(18)12-9-15-17(4)11(12)2/h9-10,13H,5-8H2,1-4H3. The zero-order valence-electron chi connectivity index (χ0n) is 11.8. The topological polar surface area (TPSA) is 38.1 Å². The average Bonchev–Trinajstić information content (AvgIpc) is 2.69. The Hall–Kier alpha value is -1.32. The number of nitrogens with zero attached hydrogens (tertiary/aromatic N) is 3. The molecule has 0 saturated heterocycles. The van der Waals surface area contributed by atoms with Crippen LogP contribution in [0.3, 0.4) is 0 Å². The van der Waals surface area contributed by atoms with Crippen molar-refractivity contribution in [3.05, 3.63) is 17.5 Å². The van der Waals surface area contributed by atoms with E-state index >= 15 is 0 Å². The summed E-state index contributed by atoms with van der Waals surface area (Å²) >= 11 is 0. The van der Waals surface area contributed by atoms with Crippen molar-refractivity contribution in [1.82, 2.24) is 14.7 Å². The number of rotatable bonds is 2. The molecule has 100 valence electrons. The molecule has 0 N–H and O–H groups in total. The van der Waals surface area contributed by atoms with Gasteiger partial charge >= 0.3 is 0 Å². The quantitative estimate of drug-likeness (QED) is 0.807. The zero-order chi connectivity index (χ0) is 13.3. The predicted octanol–water partition coefficient (Wildman–Crippen LogP) is 2.38. The second-order valence-corrected chi connectivity index (χ2v) is 5.51. The molecule has 18 heavy (non-hydrogen) atoms. The van der Waals surface area contributed by atoms with Crippen molar-refractivity contribution < 1.29 is 4.79 Å². The van der Waals surface area contributed by atoms with Gasteiger partial charge in [-0.05, 0) is 25.7 Å².